The largest absolute Gasteiger partial charge is 0.340 e. The second kappa shape index (κ2) is 5.45. The minimum atomic E-state index is 0.383. The van der Waals surface area contributed by atoms with Gasteiger partial charge < -0.3 is 5.32 Å². The Morgan fingerprint density at radius 1 is 0.947 bits per heavy atom. The number of benzene rings is 2. The Hall–Kier alpha value is -1.80. The Kier molecular flexibility index (Phi) is 3.91. The van der Waals surface area contributed by atoms with E-state index >= 15 is 0 Å². The molecule has 0 saturated heterocycles. The van der Waals surface area contributed by atoms with Crippen LogP contribution in [0.4, 0.5) is 5.69 Å². The van der Waals surface area contributed by atoms with Crippen LogP contribution in [-0.2, 0) is 0 Å². The molecular weight excluding hydrogens is 256 g/mol. The van der Waals surface area contributed by atoms with Gasteiger partial charge in [0.2, 0.25) is 0 Å². The smallest absolute Gasteiger partial charge is 0.129 e. The summed E-state index contributed by atoms with van der Waals surface area (Å²) >= 11 is 5.98. The van der Waals surface area contributed by atoms with E-state index in [1.165, 1.54) is 11.1 Å². The number of amidine groups is 1. The maximum atomic E-state index is 8.15. The number of anilines is 1. The predicted molar refractivity (Wildman–Crippen MR) is 82.6 cm³/mol. The zero-order valence-electron chi connectivity index (χ0n) is 11.3. The highest BCUT2D eigenvalue weighted by atomic mass is 35.5. The molecule has 0 aliphatic carbocycles. The van der Waals surface area contributed by atoms with Gasteiger partial charge in [0.25, 0.3) is 0 Å². The van der Waals surface area contributed by atoms with Gasteiger partial charge in [-0.2, -0.15) is 0 Å². The molecule has 0 fully saturated rings. The number of hydrogen-bond acceptors (Lipinski definition) is 1. The summed E-state index contributed by atoms with van der Waals surface area (Å²) in [4.78, 5) is 0. The Morgan fingerprint density at radius 2 is 1.63 bits per heavy atom. The number of nitrogens with one attached hydrogen (secondary N) is 2. The standard InChI is InChI=1S/C16H17ClN2/c1-10-4-6-13(8-12(10)3)16(18)19-15-9-14(17)7-5-11(15)2/h4-9H,1-3H3,(H2,18,19). The van der Waals surface area contributed by atoms with Crippen molar-refractivity contribution < 1.29 is 0 Å². The monoisotopic (exact) mass is 272 g/mol. The lowest BCUT2D eigenvalue weighted by Gasteiger charge is -2.12. The van der Waals surface area contributed by atoms with Gasteiger partial charge in [0, 0.05) is 16.3 Å². The Balaban J connectivity index is 2.25. The topological polar surface area (TPSA) is 35.9 Å². The summed E-state index contributed by atoms with van der Waals surface area (Å²) < 4.78 is 0. The summed E-state index contributed by atoms with van der Waals surface area (Å²) in [5.41, 5.74) is 5.23. The van der Waals surface area contributed by atoms with Crippen molar-refractivity contribution in [3.63, 3.8) is 0 Å². The van der Waals surface area contributed by atoms with E-state index in [2.05, 4.69) is 19.2 Å². The maximum absolute atomic E-state index is 8.15. The third-order valence-electron chi connectivity index (χ3n) is 3.25. The van der Waals surface area contributed by atoms with E-state index in [0.29, 0.717) is 10.9 Å². The van der Waals surface area contributed by atoms with Gasteiger partial charge >= 0.3 is 0 Å². The minimum Gasteiger partial charge on any atom is -0.340 e. The third-order valence-corrected chi connectivity index (χ3v) is 3.49. The molecule has 19 heavy (non-hydrogen) atoms. The van der Waals surface area contributed by atoms with Crippen LogP contribution in [0.3, 0.4) is 0 Å². The first-order valence-electron chi connectivity index (χ1n) is 6.17. The molecule has 0 saturated carbocycles. The molecule has 98 valence electrons. The Labute approximate surface area is 118 Å². The van der Waals surface area contributed by atoms with Crippen molar-refractivity contribution in [3.8, 4) is 0 Å². The summed E-state index contributed by atoms with van der Waals surface area (Å²) in [6, 6.07) is 11.6. The fourth-order valence-electron chi connectivity index (χ4n) is 1.83. The second-order valence-electron chi connectivity index (χ2n) is 4.76. The van der Waals surface area contributed by atoms with Crippen LogP contribution in [0.5, 0.6) is 0 Å². The van der Waals surface area contributed by atoms with Crippen molar-refractivity contribution >= 4 is 23.1 Å². The molecule has 0 spiro atoms. The molecule has 0 aromatic heterocycles. The van der Waals surface area contributed by atoms with Crippen molar-refractivity contribution in [2.45, 2.75) is 20.8 Å². The SMILES string of the molecule is Cc1ccc(C(=N)Nc2cc(Cl)ccc2C)cc1C. The molecule has 0 aliphatic rings. The molecule has 2 aromatic rings. The second-order valence-corrected chi connectivity index (χ2v) is 5.19. The van der Waals surface area contributed by atoms with E-state index in [0.717, 1.165) is 16.8 Å². The molecule has 0 heterocycles. The molecule has 0 bridgehead atoms. The van der Waals surface area contributed by atoms with Crippen LogP contribution in [0.15, 0.2) is 36.4 Å². The summed E-state index contributed by atoms with van der Waals surface area (Å²) in [6.07, 6.45) is 0. The molecular formula is C16H17ClN2. The van der Waals surface area contributed by atoms with Crippen LogP contribution in [0, 0.1) is 26.2 Å². The van der Waals surface area contributed by atoms with Gasteiger partial charge in [-0.15, -0.1) is 0 Å². The van der Waals surface area contributed by atoms with Gasteiger partial charge in [0.05, 0.1) is 0 Å². The first kappa shape index (κ1) is 13.6. The molecule has 0 atom stereocenters. The molecule has 2 nitrogen and oxygen atoms in total. The number of halogens is 1. The summed E-state index contributed by atoms with van der Waals surface area (Å²) in [5.74, 6) is 0.383. The van der Waals surface area contributed by atoms with Crippen molar-refractivity contribution in [3.05, 3.63) is 63.7 Å². The molecule has 0 unspecified atom stereocenters. The highest BCUT2D eigenvalue weighted by molar-refractivity contribution is 6.31. The van der Waals surface area contributed by atoms with Gasteiger partial charge in [-0.1, -0.05) is 29.8 Å². The lowest BCUT2D eigenvalue weighted by Crippen LogP contribution is -2.13. The van der Waals surface area contributed by atoms with Crippen LogP contribution < -0.4 is 5.32 Å². The lowest BCUT2D eigenvalue weighted by molar-refractivity contribution is 1.32. The fraction of sp³-hybridized carbons (Fsp3) is 0.188. The Bertz CT molecular complexity index is 633. The van der Waals surface area contributed by atoms with Gasteiger partial charge in [-0.3, -0.25) is 5.41 Å². The normalized spacial score (nSPS) is 10.3. The maximum Gasteiger partial charge on any atom is 0.129 e. The van der Waals surface area contributed by atoms with Crippen molar-refractivity contribution in [1.29, 1.82) is 5.41 Å². The van der Waals surface area contributed by atoms with Crippen LogP contribution in [0.2, 0.25) is 5.02 Å². The molecule has 3 heteroatoms. The molecule has 0 radical (unpaired) electrons. The van der Waals surface area contributed by atoms with Gasteiger partial charge in [0.15, 0.2) is 0 Å². The molecule has 2 rings (SSSR count). The van der Waals surface area contributed by atoms with Crippen LogP contribution in [0.1, 0.15) is 22.3 Å². The quantitative estimate of drug-likeness (QED) is 0.603. The summed E-state index contributed by atoms with van der Waals surface area (Å²) in [5, 5.41) is 11.9. The summed E-state index contributed by atoms with van der Waals surface area (Å²) in [6.45, 7) is 6.11. The van der Waals surface area contributed by atoms with Crippen LogP contribution in [0.25, 0.3) is 0 Å². The third kappa shape index (κ3) is 3.15. The minimum absolute atomic E-state index is 0.383. The zero-order chi connectivity index (χ0) is 14.0. The van der Waals surface area contributed by atoms with E-state index in [4.69, 9.17) is 17.0 Å². The highest BCUT2D eigenvalue weighted by Gasteiger charge is 2.06. The van der Waals surface area contributed by atoms with E-state index in [9.17, 15) is 0 Å². The van der Waals surface area contributed by atoms with Crippen molar-refractivity contribution in [1.82, 2.24) is 0 Å². The van der Waals surface area contributed by atoms with Crippen molar-refractivity contribution in [2.75, 3.05) is 5.32 Å². The highest BCUT2D eigenvalue weighted by Crippen LogP contribution is 2.21. The first-order valence-corrected chi connectivity index (χ1v) is 6.54. The average molecular weight is 273 g/mol. The number of aryl methyl sites for hydroxylation is 3. The van der Waals surface area contributed by atoms with Gasteiger partial charge in [0.1, 0.15) is 5.84 Å². The lowest BCUT2D eigenvalue weighted by atomic mass is 10.1. The molecule has 2 N–H and O–H groups in total. The first-order chi connectivity index (χ1) is 8.97. The van der Waals surface area contributed by atoms with E-state index in [-0.39, 0.29) is 0 Å². The Morgan fingerprint density at radius 3 is 2.32 bits per heavy atom. The van der Waals surface area contributed by atoms with E-state index in [1.807, 2.05) is 43.3 Å². The van der Waals surface area contributed by atoms with Crippen LogP contribution in [-0.4, -0.2) is 5.84 Å². The number of hydrogen-bond donors (Lipinski definition) is 2. The van der Waals surface area contributed by atoms with Crippen molar-refractivity contribution in [2.24, 2.45) is 0 Å². The molecule has 2 aromatic carbocycles. The number of rotatable bonds is 2. The van der Waals surface area contributed by atoms with Gasteiger partial charge in [-0.25, -0.2) is 0 Å². The molecule has 0 amide bonds. The van der Waals surface area contributed by atoms with E-state index in [1.54, 1.807) is 0 Å². The van der Waals surface area contributed by atoms with Gasteiger partial charge in [-0.05, 0) is 55.7 Å². The van der Waals surface area contributed by atoms with Crippen LogP contribution >= 0.6 is 11.6 Å². The van der Waals surface area contributed by atoms with E-state index < -0.39 is 0 Å². The molecule has 0 aliphatic heterocycles. The predicted octanol–water partition coefficient (Wildman–Crippen LogP) is 4.70. The average Bonchev–Trinajstić information content (AvgIpc) is 2.37. The summed E-state index contributed by atoms with van der Waals surface area (Å²) in [7, 11) is 0. The fourth-order valence-corrected chi connectivity index (χ4v) is 2.00. The zero-order valence-corrected chi connectivity index (χ0v) is 12.1.